The van der Waals surface area contributed by atoms with E-state index in [0.717, 1.165) is 12.0 Å². The van der Waals surface area contributed by atoms with Crippen LogP contribution >= 0.6 is 0 Å². The molecule has 15 heteroatoms. The number of hydrogen-bond donors (Lipinski definition) is 8. The molecule has 15 nitrogen and oxygen atoms in total. The lowest BCUT2D eigenvalue weighted by Crippen LogP contribution is -2.44. The van der Waals surface area contributed by atoms with Crippen molar-refractivity contribution < 1.29 is 34.2 Å². The first-order valence-electron chi connectivity index (χ1n) is 13.0. The van der Waals surface area contributed by atoms with E-state index in [0.29, 0.717) is 30.8 Å². The normalized spacial score (nSPS) is 15.5. The van der Waals surface area contributed by atoms with Crippen molar-refractivity contribution in [3.05, 3.63) is 51.3 Å². The highest BCUT2D eigenvalue weighted by Crippen LogP contribution is 2.23. The van der Waals surface area contributed by atoms with Crippen molar-refractivity contribution in [1.29, 1.82) is 0 Å². The summed E-state index contributed by atoms with van der Waals surface area (Å²) in [4.78, 5) is 77.4. The van der Waals surface area contributed by atoms with E-state index in [1.54, 1.807) is 24.3 Å². The molecule has 10 N–H and O–H groups in total. The first-order chi connectivity index (χ1) is 19.4. The third-order valence-corrected chi connectivity index (χ3v) is 6.72. The number of aliphatic carboxylic acids is 2. The molecule has 0 spiro atoms. The van der Waals surface area contributed by atoms with Crippen molar-refractivity contribution in [2.24, 2.45) is 11.7 Å². The van der Waals surface area contributed by atoms with Gasteiger partial charge >= 0.3 is 11.9 Å². The predicted octanol–water partition coefficient (Wildman–Crippen LogP) is -0.633. The molecule has 3 amide bonds. The van der Waals surface area contributed by atoms with Crippen LogP contribution < -0.4 is 33.0 Å². The molecule has 2 aromatic rings. The van der Waals surface area contributed by atoms with E-state index in [9.17, 15) is 39.0 Å². The number of carbonyl (C=O) groups excluding carboxylic acids is 3. The Kier molecular flexibility index (Phi) is 10.4. The van der Waals surface area contributed by atoms with Gasteiger partial charge in [0, 0.05) is 24.9 Å². The lowest BCUT2D eigenvalue weighted by atomic mass is 9.91. The molecular weight excluding hydrogens is 538 g/mol. The molecule has 0 fully saturated rings. The monoisotopic (exact) mass is 571 g/mol. The van der Waals surface area contributed by atoms with E-state index in [-0.39, 0.29) is 48.7 Å². The minimum atomic E-state index is -1.39. The minimum absolute atomic E-state index is 0.0617. The number of H-pyrrole nitrogens is 1. The number of amides is 3. The van der Waals surface area contributed by atoms with E-state index < -0.39 is 41.7 Å². The lowest BCUT2D eigenvalue weighted by molar-refractivity contribution is -0.143. The topological polar surface area (TPSA) is 260 Å². The summed E-state index contributed by atoms with van der Waals surface area (Å²) < 4.78 is 0. The number of primary amides is 1. The SMILES string of the molecule is NC(=O)CC[C@@H](NC(=O)CC[C@H](NC(=O)c1ccc(CCC2CNc3nc(N)[nH]c(=O)c3C2)cc1)C(=O)O)C(=O)O. The molecule has 0 saturated heterocycles. The summed E-state index contributed by atoms with van der Waals surface area (Å²) in [5.74, 6) is -4.06. The van der Waals surface area contributed by atoms with Crippen LogP contribution in [0.1, 0.15) is 53.6 Å². The number of carbonyl (C=O) groups is 5. The number of nitrogens with two attached hydrogens (primary N) is 2. The zero-order chi connectivity index (χ0) is 30.1. The molecule has 1 aromatic heterocycles. The summed E-state index contributed by atoms with van der Waals surface area (Å²) in [6.45, 7) is 0.641. The molecule has 0 bridgehead atoms. The fraction of sp³-hybridized carbons (Fsp3) is 0.423. The van der Waals surface area contributed by atoms with Crippen LogP contribution in [0.15, 0.2) is 29.1 Å². The van der Waals surface area contributed by atoms with Gasteiger partial charge in [0.15, 0.2) is 0 Å². The van der Waals surface area contributed by atoms with Gasteiger partial charge in [-0.15, -0.1) is 0 Å². The van der Waals surface area contributed by atoms with Gasteiger partial charge in [0.2, 0.25) is 17.8 Å². The van der Waals surface area contributed by atoms with Crippen LogP contribution in [0.5, 0.6) is 0 Å². The molecule has 1 aromatic carbocycles. The summed E-state index contributed by atoms with van der Waals surface area (Å²) >= 11 is 0. The van der Waals surface area contributed by atoms with Crippen LogP contribution in [0.25, 0.3) is 0 Å². The molecule has 1 aliphatic heterocycles. The quantitative estimate of drug-likeness (QED) is 0.141. The number of anilines is 2. The molecule has 220 valence electrons. The van der Waals surface area contributed by atoms with E-state index in [1.807, 2.05) is 0 Å². The first kappa shape index (κ1) is 30.6. The smallest absolute Gasteiger partial charge is 0.326 e. The summed E-state index contributed by atoms with van der Waals surface area (Å²) in [6, 6.07) is 3.91. The number of nitrogens with one attached hydrogen (secondary N) is 4. The second-order valence-electron chi connectivity index (χ2n) is 9.83. The number of benzene rings is 1. The molecule has 3 atom stereocenters. The Morgan fingerprint density at radius 1 is 1.00 bits per heavy atom. The summed E-state index contributed by atoms with van der Waals surface area (Å²) in [7, 11) is 0. The molecule has 0 saturated carbocycles. The van der Waals surface area contributed by atoms with Gasteiger partial charge in [-0.3, -0.25) is 24.2 Å². The molecule has 1 unspecified atom stereocenters. The maximum Gasteiger partial charge on any atom is 0.326 e. The minimum Gasteiger partial charge on any atom is -0.480 e. The van der Waals surface area contributed by atoms with Crippen LogP contribution in [0, 0.1) is 5.92 Å². The van der Waals surface area contributed by atoms with Gasteiger partial charge in [0.25, 0.3) is 11.5 Å². The molecule has 2 heterocycles. The summed E-state index contributed by atoms with van der Waals surface area (Å²) in [6.07, 6.45) is 0.923. The van der Waals surface area contributed by atoms with Crippen molar-refractivity contribution in [2.45, 2.75) is 57.0 Å². The standard InChI is InChI=1S/C26H33N7O8/c27-19(34)9-7-17(24(38)39)30-20(35)10-8-18(25(40)41)31-22(36)15-5-3-13(4-6-15)1-2-14-11-16-21(29-12-14)32-26(28)33-23(16)37/h3-6,14,17-18H,1-2,7-12H2,(H2,27,34)(H,30,35)(H,31,36)(H,38,39)(H,40,41)(H4,28,29,32,33,37)/t14?,17-,18+/m1/s1. The lowest BCUT2D eigenvalue weighted by Gasteiger charge is -2.24. The van der Waals surface area contributed by atoms with Gasteiger partial charge in [-0.1, -0.05) is 12.1 Å². The molecule has 0 aliphatic carbocycles. The maximum absolute atomic E-state index is 12.7. The highest BCUT2D eigenvalue weighted by molar-refractivity contribution is 5.96. The fourth-order valence-corrected chi connectivity index (χ4v) is 4.44. The average molecular weight is 572 g/mol. The zero-order valence-corrected chi connectivity index (χ0v) is 22.1. The van der Waals surface area contributed by atoms with Crippen LogP contribution in [0.4, 0.5) is 11.8 Å². The number of nitrogen functional groups attached to an aromatic ring is 1. The number of aryl methyl sites for hydroxylation is 1. The summed E-state index contributed by atoms with van der Waals surface area (Å²) in [5.41, 5.74) is 12.1. The molecule has 1 aliphatic rings. The van der Waals surface area contributed by atoms with Crippen molar-refractivity contribution in [2.75, 3.05) is 17.6 Å². The second kappa shape index (κ2) is 13.9. The van der Waals surface area contributed by atoms with E-state index >= 15 is 0 Å². The van der Waals surface area contributed by atoms with Crippen LogP contribution in [0.3, 0.4) is 0 Å². The fourth-order valence-electron chi connectivity index (χ4n) is 4.44. The van der Waals surface area contributed by atoms with Gasteiger partial charge in [-0.2, -0.15) is 4.98 Å². The number of aromatic nitrogens is 2. The number of carboxylic acid groups (broad SMARTS) is 2. The number of aromatic amines is 1. The Balaban J connectivity index is 1.49. The number of nitrogens with zero attached hydrogens (tertiary/aromatic N) is 1. The molecular formula is C26H33N7O8. The van der Waals surface area contributed by atoms with Gasteiger partial charge in [0.1, 0.15) is 17.9 Å². The van der Waals surface area contributed by atoms with Crippen LogP contribution in [-0.4, -0.2) is 68.5 Å². The number of rotatable bonds is 14. The maximum atomic E-state index is 12.7. The van der Waals surface area contributed by atoms with E-state index in [4.69, 9.17) is 11.5 Å². The van der Waals surface area contributed by atoms with Crippen LogP contribution in [-0.2, 0) is 32.0 Å². The van der Waals surface area contributed by atoms with Gasteiger partial charge < -0.3 is 37.6 Å². The Labute approximate surface area is 234 Å². The second-order valence-corrected chi connectivity index (χ2v) is 9.83. The number of carboxylic acids is 2. The molecule has 0 radical (unpaired) electrons. The van der Waals surface area contributed by atoms with E-state index in [2.05, 4.69) is 25.9 Å². The van der Waals surface area contributed by atoms with Gasteiger partial charge in [-0.25, -0.2) is 9.59 Å². The average Bonchev–Trinajstić information content (AvgIpc) is 2.91. The van der Waals surface area contributed by atoms with Crippen molar-refractivity contribution >= 4 is 41.4 Å². The van der Waals surface area contributed by atoms with E-state index in [1.165, 1.54) is 0 Å². The van der Waals surface area contributed by atoms with Crippen molar-refractivity contribution in [3.8, 4) is 0 Å². The highest BCUT2D eigenvalue weighted by atomic mass is 16.4. The number of hydrogen-bond acceptors (Lipinski definition) is 9. The zero-order valence-electron chi connectivity index (χ0n) is 22.1. The Morgan fingerprint density at radius 2 is 1.63 bits per heavy atom. The first-order valence-corrected chi connectivity index (χ1v) is 13.0. The third-order valence-electron chi connectivity index (χ3n) is 6.72. The van der Waals surface area contributed by atoms with Gasteiger partial charge in [0.05, 0.1) is 5.56 Å². The Morgan fingerprint density at radius 3 is 2.27 bits per heavy atom. The summed E-state index contributed by atoms with van der Waals surface area (Å²) in [5, 5.41) is 26.4. The Hall–Kier alpha value is -4.95. The largest absolute Gasteiger partial charge is 0.480 e. The van der Waals surface area contributed by atoms with Gasteiger partial charge in [-0.05, 0) is 55.7 Å². The van der Waals surface area contributed by atoms with Crippen LogP contribution in [0.2, 0.25) is 0 Å². The molecule has 3 rings (SSSR count). The Bertz CT molecular complexity index is 1360. The predicted molar refractivity (Wildman–Crippen MR) is 146 cm³/mol. The number of fused-ring (bicyclic) bond motifs is 1. The highest BCUT2D eigenvalue weighted by Gasteiger charge is 2.25. The van der Waals surface area contributed by atoms with Crippen molar-refractivity contribution in [3.63, 3.8) is 0 Å². The van der Waals surface area contributed by atoms with Crippen molar-refractivity contribution in [1.82, 2.24) is 20.6 Å². The molecule has 41 heavy (non-hydrogen) atoms. The third kappa shape index (κ3) is 9.05.